The van der Waals surface area contributed by atoms with Gasteiger partial charge in [-0.3, -0.25) is 4.79 Å². The molecule has 0 radical (unpaired) electrons. The van der Waals surface area contributed by atoms with Crippen molar-refractivity contribution < 1.29 is 9.59 Å². The molecule has 0 aliphatic heterocycles. The van der Waals surface area contributed by atoms with Crippen LogP contribution < -0.4 is 0 Å². The third kappa shape index (κ3) is 8.29. The summed E-state index contributed by atoms with van der Waals surface area (Å²) in [6.45, 7) is 12.9. The molecular formula is C21H36O2. The Morgan fingerprint density at radius 3 is 2.04 bits per heavy atom. The number of carbonyl (C=O) groups excluding carboxylic acids is 2. The minimum atomic E-state index is -0.328. The minimum Gasteiger partial charge on any atom is -0.303 e. The SMILES string of the molecule is CCCCC=CC(=O)C=CCCC(C=O)(CC(C)C)C(C)(C)C. The summed E-state index contributed by atoms with van der Waals surface area (Å²) in [5.41, 5.74) is -0.400. The molecule has 0 fully saturated rings. The first-order chi connectivity index (χ1) is 10.7. The van der Waals surface area contributed by atoms with E-state index in [-0.39, 0.29) is 16.6 Å². The first-order valence-electron chi connectivity index (χ1n) is 9.02. The summed E-state index contributed by atoms with van der Waals surface area (Å²) in [5.74, 6) is 0.518. The van der Waals surface area contributed by atoms with Crippen LogP contribution in [-0.2, 0) is 9.59 Å². The first kappa shape index (κ1) is 21.8. The maximum absolute atomic E-state index is 11.8. The summed E-state index contributed by atoms with van der Waals surface area (Å²) in [5, 5.41) is 0. The Balaban J connectivity index is 4.64. The van der Waals surface area contributed by atoms with Crippen LogP contribution in [0.1, 0.15) is 80.1 Å². The van der Waals surface area contributed by atoms with E-state index in [9.17, 15) is 9.59 Å². The number of carbonyl (C=O) groups is 2. The van der Waals surface area contributed by atoms with Gasteiger partial charge in [0, 0.05) is 5.41 Å². The normalized spacial score (nSPS) is 15.4. The van der Waals surface area contributed by atoms with Gasteiger partial charge in [0.15, 0.2) is 5.78 Å². The third-order valence-electron chi connectivity index (χ3n) is 4.54. The second-order valence-electron chi connectivity index (χ2n) is 8.01. The van der Waals surface area contributed by atoms with Gasteiger partial charge < -0.3 is 4.79 Å². The molecule has 0 spiro atoms. The molecule has 23 heavy (non-hydrogen) atoms. The third-order valence-corrected chi connectivity index (χ3v) is 4.54. The molecule has 1 atom stereocenters. The van der Waals surface area contributed by atoms with Crippen LogP contribution in [0.4, 0.5) is 0 Å². The van der Waals surface area contributed by atoms with Crippen molar-refractivity contribution in [2.75, 3.05) is 0 Å². The number of hydrogen-bond acceptors (Lipinski definition) is 2. The standard InChI is InChI=1S/C21H36O2/c1-7-8-9-10-13-19(23)14-11-12-15-21(17-22,16-18(2)3)20(4,5)6/h10-11,13-14,17-18H,7-9,12,15-16H2,1-6H3. The van der Waals surface area contributed by atoms with E-state index in [1.54, 1.807) is 12.2 Å². The van der Waals surface area contributed by atoms with Gasteiger partial charge in [0.2, 0.25) is 0 Å². The quantitative estimate of drug-likeness (QED) is 0.269. The lowest BCUT2D eigenvalue weighted by Crippen LogP contribution is -2.38. The number of ketones is 1. The highest BCUT2D eigenvalue weighted by atomic mass is 16.1. The molecule has 0 amide bonds. The first-order valence-corrected chi connectivity index (χ1v) is 9.02. The highest BCUT2D eigenvalue weighted by Gasteiger charge is 2.41. The molecule has 1 unspecified atom stereocenters. The molecule has 0 aliphatic rings. The van der Waals surface area contributed by atoms with Gasteiger partial charge in [-0.25, -0.2) is 0 Å². The van der Waals surface area contributed by atoms with Crippen LogP contribution in [0.2, 0.25) is 0 Å². The molecular weight excluding hydrogens is 284 g/mol. The van der Waals surface area contributed by atoms with Crippen molar-refractivity contribution in [3.63, 3.8) is 0 Å². The molecule has 0 N–H and O–H groups in total. The molecule has 0 aromatic carbocycles. The monoisotopic (exact) mass is 320 g/mol. The summed E-state index contributed by atoms with van der Waals surface area (Å²) >= 11 is 0. The molecule has 0 heterocycles. The zero-order chi connectivity index (χ0) is 17.9. The van der Waals surface area contributed by atoms with Crippen LogP contribution >= 0.6 is 0 Å². The van der Waals surface area contributed by atoms with E-state index in [0.29, 0.717) is 5.92 Å². The fraction of sp³-hybridized carbons (Fsp3) is 0.714. The van der Waals surface area contributed by atoms with Crippen molar-refractivity contribution in [2.24, 2.45) is 16.7 Å². The Bertz CT molecular complexity index is 410. The van der Waals surface area contributed by atoms with E-state index in [2.05, 4.69) is 41.5 Å². The lowest BCUT2D eigenvalue weighted by Gasteiger charge is -2.42. The van der Waals surface area contributed by atoms with Gasteiger partial charge in [-0.15, -0.1) is 0 Å². The Hall–Kier alpha value is -1.18. The number of rotatable bonds is 11. The van der Waals surface area contributed by atoms with Crippen LogP contribution in [0.5, 0.6) is 0 Å². The van der Waals surface area contributed by atoms with E-state index in [1.165, 1.54) is 0 Å². The van der Waals surface area contributed by atoms with Crippen LogP contribution in [0.3, 0.4) is 0 Å². The Morgan fingerprint density at radius 1 is 1.04 bits per heavy atom. The van der Waals surface area contributed by atoms with Crippen molar-refractivity contribution in [2.45, 2.75) is 80.1 Å². The Kier molecular flexibility index (Phi) is 10.0. The van der Waals surface area contributed by atoms with Crippen molar-refractivity contribution in [3.8, 4) is 0 Å². The molecule has 0 rings (SSSR count). The predicted octanol–water partition coefficient (Wildman–Crippen LogP) is 5.92. The fourth-order valence-corrected chi connectivity index (χ4v) is 2.91. The number of hydrogen-bond donors (Lipinski definition) is 0. The maximum atomic E-state index is 11.8. The summed E-state index contributed by atoms with van der Waals surface area (Å²) < 4.78 is 0. The Labute approximate surface area is 143 Å². The van der Waals surface area contributed by atoms with E-state index in [1.807, 2.05) is 12.2 Å². The molecule has 132 valence electrons. The van der Waals surface area contributed by atoms with Gasteiger partial charge in [0.1, 0.15) is 6.29 Å². The zero-order valence-electron chi connectivity index (χ0n) is 16.0. The summed E-state index contributed by atoms with van der Waals surface area (Å²) in [7, 11) is 0. The summed E-state index contributed by atoms with van der Waals surface area (Å²) in [6, 6.07) is 0. The topological polar surface area (TPSA) is 34.1 Å². The second kappa shape index (κ2) is 10.6. The number of unbranched alkanes of at least 4 members (excludes halogenated alkanes) is 2. The lowest BCUT2D eigenvalue weighted by atomic mass is 9.61. The van der Waals surface area contributed by atoms with E-state index < -0.39 is 0 Å². The van der Waals surface area contributed by atoms with Crippen molar-refractivity contribution in [3.05, 3.63) is 24.3 Å². The van der Waals surface area contributed by atoms with Gasteiger partial charge in [-0.2, -0.15) is 0 Å². The van der Waals surface area contributed by atoms with Crippen LogP contribution in [-0.4, -0.2) is 12.1 Å². The molecule has 0 aliphatic carbocycles. The Morgan fingerprint density at radius 2 is 1.61 bits per heavy atom. The van der Waals surface area contributed by atoms with Crippen LogP contribution in [0, 0.1) is 16.7 Å². The number of aldehydes is 1. The molecule has 2 nitrogen and oxygen atoms in total. The van der Waals surface area contributed by atoms with Gasteiger partial charge in [-0.1, -0.05) is 66.5 Å². The largest absolute Gasteiger partial charge is 0.303 e. The van der Waals surface area contributed by atoms with Crippen molar-refractivity contribution in [1.29, 1.82) is 0 Å². The lowest BCUT2D eigenvalue weighted by molar-refractivity contribution is -0.124. The highest BCUT2D eigenvalue weighted by Crippen LogP contribution is 2.45. The van der Waals surface area contributed by atoms with E-state index >= 15 is 0 Å². The van der Waals surface area contributed by atoms with Crippen molar-refractivity contribution in [1.82, 2.24) is 0 Å². The second-order valence-corrected chi connectivity index (χ2v) is 8.01. The van der Waals surface area contributed by atoms with E-state index in [0.717, 1.165) is 44.8 Å². The van der Waals surface area contributed by atoms with Crippen molar-refractivity contribution >= 4 is 12.1 Å². The summed E-state index contributed by atoms with van der Waals surface area (Å²) in [6.07, 6.45) is 14.0. The fourth-order valence-electron chi connectivity index (χ4n) is 2.91. The molecule has 0 saturated carbocycles. The van der Waals surface area contributed by atoms with Gasteiger partial charge in [0.05, 0.1) is 0 Å². The molecule has 0 bridgehead atoms. The molecule has 0 saturated heterocycles. The highest BCUT2D eigenvalue weighted by molar-refractivity contribution is 5.99. The molecule has 0 aromatic rings. The van der Waals surface area contributed by atoms with E-state index in [4.69, 9.17) is 0 Å². The molecule has 2 heteroatoms. The predicted molar refractivity (Wildman–Crippen MR) is 99.5 cm³/mol. The minimum absolute atomic E-state index is 0.0393. The average molecular weight is 321 g/mol. The number of allylic oxidation sites excluding steroid dienone is 4. The smallest absolute Gasteiger partial charge is 0.177 e. The van der Waals surface area contributed by atoms with Gasteiger partial charge in [0.25, 0.3) is 0 Å². The van der Waals surface area contributed by atoms with Crippen LogP contribution in [0.25, 0.3) is 0 Å². The van der Waals surface area contributed by atoms with Gasteiger partial charge in [-0.05, 0) is 49.2 Å². The summed E-state index contributed by atoms with van der Waals surface area (Å²) in [4.78, 5) is 23.6. The molecule has 0 aromatic heterocycles. The van der Waals surface area contributed by atoms with Crippen LogP contribution in [0.15, 0.2) is 24.3 Å². The van der Waals surface area contributed by atoms with Gasteiger partial charge >= 0.3 is 0 Å². The zero-order valence-corrected chi connectivity index (χ0v) is 16.0. The average Bonchev–Trinajstić information content (AvgIpc) is 2.45. The maximum Gasteiger partial charge on any atom is 0.177 e.